The molecule has 0 saturated heterocycles. The standard InChI is InChI=1S/C20H28N2O/c1-5-6-7-15-8-10-16(11-9-15)23-17-12-13-19(22-21)18(14-17)20(2,3)4/h8-14,22H,5-7,21H2,1-4H3. The summed E-state index contributed by atoms with van der Waals surface area (Å²) in [4.78, 5) is 0. The van der Waals surface area contributed by atoms with Gasteiger partial charge in [-0.25, -0.2) is 0 Å². The summed E-state index contributed by atoms with van der Waals surface area (Å²) in [5, 5.41) is 0. The van der Waals surface area contributed by atoms with Crippen molar-refractivity contribution in [1.29, 1.82) is 0 Å². The molecule has 3 nitrogen and oxygen atoms in total. The van der Waals surface area contributed by atoms with Gasteiger partial charge in [0.15, 0.2) is 0 Å². The van der Waals surface area contributed by atoms with Crippen LogP contribution < -0.4 is 16.0 Å². The summed E-state index contributed by atoms with van der Waals surface area (Å²) in [7, 11) is 0. The van der Waals surface area contributed by atoms with Gasteiger partial charge in [0.25, 0.3) is 0 Å². The predicted octanol–water partition coefficient (Wildman–Crippen LogP) is 5.40. The molecule has 0 aromatic heterocycles. The van der Waals surface area contributed by atoms with Crippen molar-refractivity contribution < 1.29 is 4.74 Å². The van der Waals surface area contributed by atoms with E-state index in [4.69, 9.17) is 10.6 Å². The van der Waals surface area contributed by atoms with Gasteiger partial charge in [-0.15, -0.1) is 0 Å². The molecule has 0 bridgehead atoms. The van der Waals surface area contributed by atoms with Crippen LogP contribution in [0.15, 0.2) is 42.5 Å². The fraction of sp³-hybridized carbons (Fsp3) is 0.400. The van der Waals surface area contributed by atoms with Crippen molar-refractivity contribution in [3.8, 4) is 11.5 Å². The third kappa shape index (κ3) is 4.73. The first kappa shape index (κ1) is 17.4. The lowest BCUT2D eigenvalue weighted by Crippen LogP contribution is -2.17. The highest BCUT2D eigenvalue weighted by atomic mass is 16.5. The molecule has 0 atom stereocenters. The SMILES string of the molecule is CCCCc1ccc(Oc2ccc(NN)c(C(C)(C)C)c2)cc1. The normalized spacial score (nSPS) is 11.3. The molecule has 23 heavy (non-hydrogen) atoms. The second-order valence-corrected chi connectivity index (χ2v) is 6.95. The molecule has 3 heteroatoms. The number of nitrogen functional groups attached to an aromatic ring is 1. The first-order valence-corrected chi connectivity index (χ1v) is 8.32. The summed E-state index contributed by atoms with van der Waals surface area (Å²) in [5.41, 5.74) is 6.18. The molecule has 0 saturated carbocycles. The van der Waals surface area contributed by atoms with E-state index in [0.29, 0.717) is 0 Å². The molecule has 0 amide bonds. The van der Waals surface area contributed by atoms with E-state index < -0.39 is 0 Å². The van der Waals surface area contributed by atoms with Crippen LogP contribution in [0.25, 0.3) is 0 Å². The highest BCUT2D eigenvalue weighted by Gasteiger charge is 2.18. The number of nitrogens with one attached hydrogen (secondary N) is 1. The molecule has 0 spiro atoms. The molecular formula is C20H28N2O. The topological polar surface area (TPSA) is 47.3 Å². The Bertz CT molecular complexity index is 627. The molecular weight excluding hydrogens is 284 g/mol. The zero-order chi connectivity index (χ0) is 16.9. The molecule has 0 unspecified atom stereocenters. The van der Waals surface area contributed by atoms with E-state index in [9.17, 15) is 0 Å². The van der Waals surface area contributed by atoms with E-state index >= 15 is 0 Å². The number of hydrogen-bond donors (Lipinski definition) is 2. The highest BCUT2D eigenvalue weighted by molar-refractivity contribution is 5.56. The Morgan fingerprint density at radius 1 is 1.00 bits per heavy atom. The zero-order valence-electron chi connectivity index (χ0n) is 14.6. The molecule has 0 fully saturated rings. The number of hydrazine groups is 1. The maximum Gasteiger partial charge on any atom is 0.127 e. The van der Waals surface area contributed by atoms with Crippen LogP contribution >= 0.6 is 0 Å². The summed E-state index contributed by atoms with van der Waals surface area (Å²) in [6, 6.07) is 14.3. The molecule has 0 radical (unpaired) electrons. The number of benzene rings is 2. The van der Waals surface area contributed by atoms with Gasteiger partial charge in [-0.2, -0.15) is 0 Å². The lowest BCUT2D eigenvalue weighted by Gasteiger charge is -2.23. The molecule has 0 heterocycles. The van der Waals surface area contributed by atoms with Gasteiger partial charge in [0.1, 0.15) is 11.5 Å². The predicted molar refractivity (Wildman–Crippen MR) is 98.1 cm³/mol. The average Bonchev–Trinajstić information content (AvgIpc) is 2.53. The second-order valence-electron chi connectivity index (χ2n) is 6.95. The lowest BCUT2D eigenvalue weighted by atomic mass is 9.85. The number of nitrogens with two attached hydrogens (primary N) is 1. The molecule has 3 N–H and O–H groups in total. The smallest absolute Gasteiger partial charge is 0.127 e. The fourth-order valence-corrected chi connectivity index (χ4v) is 2.57. The van der Waals surface area contributed by atoms with Gasteiger partial charge in [-0.05, 0) is 59.7 Å². The highest BCUT2D eigenvalue weighted by Crippen LogP contribution is 2.34. The quantitative estimate of drug-likeness (QED) is 0.554. The van der Waals surface area contributed by atoms with E-state index in [1.807, 2.05) is 24.3 Å². The van der Waals surface area contributed by atoms with Crippen LogP contribution in [0.5, 0.6) is 11.5 Å². The Labute approximate surface area is 139 Å². The minimum Gasteiger partial charge on any atom is -0.457 e. The van der Waals surface area contributed by atoms with Crippen molar-refractivity contribution in [1.82, 2.24) is 0 Å². The molecule has 0 aliphatic heterocycles. The van der Waals surface area contributed by atoms with Crippen molar-refractivity contribution in [3.05, 3.63) is 53.6 Å². The maximum absolute atomic E-state index is 6.00. The zero-order valence-corrected chi connectivity index (χ0v) is 14.6. The molecule has 0 aliphatic carbocycles. The Hall–Kier alpha value is -2.00. The summed E-state index contributed by atoms with van der Waals surface area (Å²) in [6.45, 7) is 8.70. The number of anilines is 1. The van der Waals surface area contributed by atoms with Gasteiger partial charge < -0.3 is 10.2 Å². The van der Waals surface area contributed by atoms with E-state index in [0.717, 1.165) is 29.2 Å². The minimum atomic E-state index is -0.00885. The number of aryl methyl sites for hydroxylation is 1. The van der Waals surface area contributed by atoms with Crippen molar-refractivity contribution in [2.75, 3.05) is 5.43 Å². The van der Waals surface area contributed by atoms with E-state index in [2.05, 4.69) is 51.3 Å². The van der Waals surface area contributed by atoms with Gasteiger partial charge in [-0.1, -0.05) is 46.2 Å². The third-order valence-electron chi connectivity index (χ3n) is 3.93. The number of unbranched alkanes of at least 4 members (excludes halogenated alkanes) is 1. The van der Waals surface area contributed by atoms with Crippen LogP contribution in [0.3, 0.4) is 0 Å². The summed E-state index contributed by atoms with van der Waals surface area (Å²) >= 11 is 0. The van der Waals surface area contributed by atoms with Gasteiger partial charge >= 0.3 is 0 Å². The van der Waals surface area contributed by atoms with Crippen molar-refractivity contribution >= 4 is 5.69 Å². The molecule has 2 rings (SSSR count). The third-order valence-corrected chi connectivity index (χ3v) is 3.93. The first-order chi connectivity index (χ1) is 10.9. The number of ether oxygens (including phenoxy) is 1. The molecule has 2 aromatic carbocycles. The Morgan fingerprint density at radius 2 is 1.65 bits per heavy atom. The van der Waals surface area contributed by atoms with Crippen LogP contribution in [0.2, 0.25) is 0 Å². The minimum absolute atomic E-state index is 0.00885. The summed E-state index contributed by atoms with van der Waals surface area (Å²) in [6.07, 6.45) is 3.57. The van der Waals surface area contributed by atoms with Crippen LogP contribution in [-0.2, 0) is 11.8 Å². The molecule has 124 valence electrons. The van der Waals surface area contributed by atoms with Gasteiger partial charge in [0, 0.05) is 0 Å². The van der Waals surface area contributed by atoms with Crippen LogP contribution in [0.1, 0.15) is 51.7 Å². The maximum atomic E-state index is 6.00. The largest absolute Gasteiger partial charge is 0.457 e. The number of hydrogen-bond acceptors (Lipinski definition) is 3. The summed E-state index contributed by atoms with van der Waals surface area (Å²) in [5.74, 6) is 7.30. The number of rotatable bonds is 6. The Balaban J connectivity index is 2.17. The van der Waals surface area contributed by atoms with Gasteiger partial charge in [-0.3, -0.25) is 5.84 Å². The van der Waals surface area contributed by atoms with Crippen LogP contribution in [0.4, 0.5) is 5.69 Å². The second kappa shape index (κ2) is 7.51. The summed E-state index contributed by atoms with van der Waals surface area (Å²) < 4.78 is 6.00. The van der Waals surface area contributed by atoms with Crippen molar-refractivity contribution in [2.45, 2.75) is 52.4 Å². The Kier molecular flexibility index (Phi) is 5.67. The average molecular weight is 312 g/mol. The van der Waals surface area contributed by atoms with Crippen LogP contribution in [-0.4, -0.2) is 0 Å². The van der Waals surface area contributed by atoms with Gasteiger partial charge in [0.05, 0.1) is 5.69 Å². The van der Waals surface area contributed by atoms with Crippen molar-refractivity contribution in [3.63, 3.8) is 0 Å². The van der Waals surface area contributed by atoms with E-state index in [1.165, 1.54) is 18.4 Å². The van der Waals surface area contributed by atoms with Crippen molar-refractivity contribution in [2.24, 2.45) is 5.84 Å². The van der Waals surface area contributed by atoms with E-state index in [-0.39, 0.29) is 5.41 Å². The molecule has 2 aromatic rings. The monoisotopic (exact) mass is 312 g/mol. The first-order valence-electron chi connectivity index (χ1n) is 8.32. The van der Waals surface area contributed by atoms with E-state index in [1.54, 1.807) is 0 Å². The molecule has 0 aliphatic rings. The fourth-order valence-electron chi connectivity index (χ4n) is 2.57. The van der Waals surface area contributed by atoms with Crippen LogP contribution in [0, 0.1) is 0 Å². The Morgan fingerprint density at radius 3 is 2.22 bits per heavy atom. The van der Waals surface area contributed by atoms with Gasteiger partial charge in [0.2, 0.25) is 0 Å². The lowest BCUT2D eigenvalue weighted by molar-refractivity contribution is 0.478.